The van der Waals surface area contributed by atoms with E-state index in [1.807, 2.05) is 26.8 Å². The standard InChI is InChI=1S/C17H21BrN4O2S/c1-5-6-7-11-20-12-13(22(11)16(23)24)14-9(8-10(18)25-14)19-15(12)21-17(2,3)4/h8H,5-7H2,1-4H3,(H,19,21)(H,23,24). The molecule has 0 saturated carbocycles. The van der Waals surface area contributed by atoms with E-state index in [1.165, 1.54) is 15.9 Å². The molecule has 8 heteroatoms. The highest BCUT2D eigenvalue weighted by Gasteiger charge is 2.24. The number of halogens is 1. The second-order valence-electron chi connectivity index (χ2n) is 7.05. The van der Waals surface area contributed by atoms with Crippen LogP contribution in [0.1, 0.15) is 46.4 Å². The van der Waals surface area contributed by atoms with Gasteiger partial charge in [0, 0.05) is 12.0 Å². The second kappa shape index (κ2) is 6.57. The number of rotatable bonds is 4. The van der Waals surface area contributed by atoms with Crippen LogP contribution in [0.15, 0.2) is 9.85 Å². The van der Waals surface area contributed by atoms with Crippen LogP contribution in [0.2, 0.25) is 0 Å². The van der Waals surface area contributed by atoms with E-state index in [1.54, 1.807) is 0 Å². The molecule has 0 aliphatic carbocycles. The van der Waals surface area contributed by atoms with E-state index in [2.05, 4.69) is 33.2 Å². The van der Waals surface area contributed by atoms with E-state index < -0.39 is 6.09 Å². The fourth-order valence-corrected chi connectivity index (χ4v) is 4.33. The molecular formula is C17H21BrN4O2S. The van der Waals surface area contributed by atoms with Gasteiger partial charge in [-0.05, 0) is 49.2 Å². The van der Waals surface area contributed by atoms with E-state index in [9.17, 15) is 9.90 Å². The van der Waals surface area contributed by atoms with Crippen molar-refractivity contribution in [1.82, 2.24) is 14.5 Å². The number of anilines is 1. The third-order valence-electron chi connectivity index (χ3n) is 3.74. The number of unbranched alkanes of at least 4 members (excludes halogenated alkanes) is 1. The zero-order valence-corrected chi connectivity index (χ0v) is 17.1. The zero-order valence-electron chi connectivity index (χ0n) is 14.7. The van der Waals surface area contributed by atoms with Crippen molar-refractivity contribution >= 4 is 60.4 Å². The lowest BCUT2D eigenvalue weighted by atomic mass is 10.1. The number of pyridine rings is 1. The summed E-state index contributed by atoms with van der Waals surface area (Å²) in [5, 5.41) is 13.2. The first-order valence-electron chi connectivity index (χ1n) is 8.23. The van der Waals surface area contributed by atoms with E-state index in [0.29, 0.717) is 29.1 Å². The van der Waals surface area contributed by atoms with Crippen LogP contribution in [-0.4, -0.2) is 31.3 Å². The molecular weight excluding hydrogens is 404 g/mol. The Morgan fingerprint density at radius 2 is 2.12 bits per heavy atom. The first-order valence-corrected chi connectivity index (χ1v) is 9.84. The molecule has 0 radical (unpaired) electrons. The molecule has 0 aliphatic rings. The van der Waals surface area contributed by atoms with Gasteiger partial charge >= 0.3 is 6.09 Å². The number of aryl methyl sites for hydroxylation is 1. The molecule has 25 heavy (non-hydrogen) atoms. The smallest absolute Gasteiger partial charge is 0.417 e. The van der Waals surface area contributed by atoms with Crippen LogP contribution < -0.4 is 5.32 Å². The Hall–Kier alpha value is -1.67. The maximum Gasteiger partial charge on any atom is 0.417 e. The molecule has 6 nitrogen and oxygen atoms in total. The summed E-state index contributed by atoms with van der Waals surface area (Å²) >= 11 is 4.97. The molecule has 0 unspecified atom stereocenters. The lowest BCUT2D eigenvalue weighted by molar-refractivity contribution is 0.196. The van der Waals surface area contributed by atoms with Crippen molar-refractivity contribution in [3.05, 3.63) is 15.7 Å². The van der Waals surface area contributed by atoms with Crippen molar-refractivity contribution in [3.63, 3.8) is 0 Å². The Labute approximate surface area is 158 Å². The molecule has 0 saturated heterocycles. The minimum Gasteiger partial charge on any atom is -0.464 e. The number of hydrogen-bond donors (Lipinski definition) is 2. The minimum atomic E-state index is -1.01. The van der Waals surface area contributed by atoms with Gasteiger partial charge < -0.3 is 10.4 Å². The predicted octanol–water partition coefficient (Wildman–Crippen LogP) is 5.49. The molecule has 0 bridgehead atoms. The molecule has 0 fully saturated rings. The summed E-state index contributed by atoms with van der Waals surface area (Å²) in [5.41, 5.74) is 1.79. The van der Waals surface area contributed by atoms with E-state index >= 15 is 0 Å². The second-order valence-corrected chi connectivity index (χ2v) is 9.48. The van der Waals surface area contributed by atoms with Crippen LogP contribution in [0.3, 0.4) is 0 Å². The van der Waals surface area contributed by atoms with Gasteiger partial charge in [0.05, 0.1) is 14.0 Å². The Morgan fingerprint density at radius 3 is 2.72 bits per heavy atom. The Kier molecular flexibility index (Phi) is 4.76. The molecule has 3 aromatic heterocycles. The number of nitrogens with one attached hydrogen (secondary N) is 1. The van der Waals surface area contributed by atoms with Crippen LogP contribution in [0.4, 0.5) is 10.6 Å². The third kappa shape index (κ3) is 3.50. The normalized spacial score (nSPS) is 12.2. The van der Waals surface area contributed by atoms with Crippen LogP contribution in [0.5, 0.6) is 0 Å². The lowest BCUT2D eigenvalue weighted by Crippen LogP contribution is -2.26. The molecule has 134 valence electrons. The van der Waals surface area contributed by atoms with Crippen molar-refractivity contribution in [2.45, 2.75) is 52.5 Å². The summed E-state index contributed by atoms with van der Waals surface area (Å²) in [6, 6.07) is 1.91. The average molecular weight is 425 g/mol. The SMILES string of the molecule is CCCCc1nc2c(NC(C)(C)C)nc3cc(Br)sc3c2n1C(=O)O. The van der Waals surface area contributed by atoms with Crippen LogP contribution in [0, 0.1) is 0 Å². The highest BCUT2D eigenvalue weighted by molar-refractivity contribution is 9.11. The van der Waals surface area contributed by atoms with Crippen LogP contribution >= 0.6 is 27.3 Å². The maximum absolute atomic E-state index is 12.0. The molecule has 3 heterocycles. The predicted molar refractivity (Wildman–Crippen MR) is 106 cm³/mol. The Bertz CT molecular complexity index is 955. The molecule has 0 atom stereocenters. The maximum atomic E-state index is 12.0. The van der Waals surface area contributed by atoms with Crippen LogP contribution in [0.25, 0.3) is 21.3 Å². The first-order chi connectivity index (χ1) is 11.7. The number of thiophene rings is 1. The molecule has 2 N–H and O–H groups in total. The monoisotopic (exact) mass is 424 g/mol. The van der Waals surface area contributed by atoms with Gasteiger partial charge in [-0.25, -0.2) is 19.3 Å². The molecule has 3 aromatic rings. The molecule has 0 spiro atoms. The highest BCUT2D eigenvalue weighted by atomic mass is 79.9. The number of hydrogen-bond acceptors (Lipinski definition) is 5. The van der Waals surface area contributed by atoms with Crippen molar-refractivity contribution < 1.29 is 9.90 Å². The summed E-state index contributed by atoms with van der Waals surface area (Å²) in [6.07, 6.45) is 1.49. The average Bonchev–Trinajstić information content (AvgIpc) is 3.03. The zero-order chi connectivity index (χ0) is 18.4. The summed E-state index contributed by atoms with van der Waals surface area (Å²) in [4.78, 5) is 21.3. The Balaban J connectivity index is 2.37. The van der Waals surface area contributed by atoms with Gasteiger partial charge in [-0.2, -0.15) is 0 Å². The lowest BCUT2D eigenvalue weighted by Gasteiger charge is -2.21. The number of fused-ring (bicyclic) bond motifs is 3. The van der Waals surface area contributed by atoms with Gasteiger partial charge in [0.25, 0.3) is 0 Å². The van der Waals surface area contributed by atoms with Crippen molar-refractivity contribution in [1.29, 1.82) is 0 Å². The topological polar surface area (TPSA) is 80.0 Å². The molecule has 0 amide bonds. The molecule has 0 aromatic carbocycles. The molecule has 3 rings (SSSR count). The van der Waals surface area contributed by atoms with E-state index in [-0.39, 0.29) is 5.54 Å². The van der Waals surface area contributed by atoms with Crippen molar-refractivity contribution in [3.8, 4) is 0 Å². The Morgan fingerprint density at radius 1 is 1.40 bits per heavy atom. The first kappa shape index (κ1) is 18.1. The summed E-state index contributed by atoms with van der Waals surface area (Å²) in [5.74, 6) is 1.19. The molecule has 0 aliphatic heterocycles. The van der Waals surface area contributed by atoms with Gasteiger partial charge in [0.15, 0.2) is 5.82 Å². The fraction of sp³-hybridized carbons (Fsp3) is 0.471. The summed E-state index contributed by atoms with van der Waals surface area (Å²) in [6.45, 7) is 8.21. The van der Waals surface area contributed by atoms with Crippen molar-refractivity contribution in [2.24, 2.45) is 0 Å². The number of imidazole rings is 1. The van der Waals surface area contributed by atoms with Crippen LogP contribution in [-0.2, 0) is 6.42 Å². The summed E-state index contributed by atoms with van der Waals surface area (Å²) < 4.78 is 3.07. The van der Waals surface area contributed by atoms with E-state index in [0.717, 1.165) is 26.8 Å². The number of carbonyl (C=O) groups is 1. The highest BCUT2D eigenvalue weighted by Crippen LogP contribution is 2.38. The van der Waals surface area contributed by atoms with E-state index in [4.69, 9.17) is 4.98 Å². The number of aromatic nitrogens is 3. The number of nitrogens with zero attached hydrogens (tertiary/aromatic N) is 3. The van der Waals surface area contributed by atoms with Gasteiger partial charge in [0.2, 0.25) is 0 Å². The quantitative estimate of drug-likeness (QED) is 0.578. The van der Waals surface area contributed by atoms with Gasteiger partial charge in [-0.1, -0.05) is 13.3 Å². The largest absolute Gasteiger partial charge is 0.464 e. The van der Waals surface area contributed by atoms with Gasteiger partial charge in [-0.3, -0.25) is 0 Å². The minimum absolute atomic E-state index is 0.211. The van der Waals surface area contributed by atoms with Gasteiger partial charge in [0.1, 0.15) is 16.9 Å². The number of carboxylic acid groups (broad SMARTS) is 1. The van der Waals surface area contributed by atoms with Gasteiger partial charge in [-0.15, -0.1) is 11.3 Å². The fourth-order valence-electron chi connectivity index (χ4n) is 2.77. The third-order valence-corrected chi connectivity index (χ3v) is 5.37. The van der Waals surface area contributed by atoms with Crippen molar-refractivity contribution in [2.75, 3.05) is 5.32 Å². The summed E-state index contributed by atoms with van der Waals surface area (Å²) in [7, 11) is 0.